The SMILES string of the molecule is Cc1cc2ccccc2nc1N1CCCNCC1. The first kappa shape index (κ1) is 11.5. The van der Waals surface area contributed by atoms with Gasteiger partial charge < -0.3 is 10.2 Å². The summed E-state index contributed by atoms with van der Waals surface area (Å²) in [6.07, 6.45) is 1.19. The normalized spacial score (nSPS) is 16.8. The van der Waals surface area contributed by atoms with E-state index in [4.69, 9.17) is 4.98 Å². The fraction of sp³-hybridized carbons (Fsp3) is 0.400. The van der Waals surface area contributed by atoms with Crippen LogP contribution in [-0.2, 0) is 0 Å². The van der Waals surface area contributed by atoms with Crippen molar-refractivity contribution in [3.05, 3.63) is 35.9 Å². The first-order valence-electron chi connectivity index (χ1n) is 6.67. The second-order valence-corrected chi connectivity index (χ2v) is 4.91. The van der Waals surface area contributed by atoms with Gasteiger partial charge in [0.1, 0.15) is 5.82 Å². The van der Waals surface area contributed by atoms with Gasteiger partial charge in [-0.3, -0.25) is 0 Å². The first-order valence-corrected chi connectivity index (χ1v) is 6.67. The fourth-order valence-corrected chi connectivity index (χ4v) is 2.59. The Kier molecular flexibility index (Phi) is 3.15. The molecule has 1 saturated heterocycles. The maximum absolute atomic E-state index is 4.84. The van der Waals surface area contributed by atoms with E-state index in [1.807, 2.05) is 0 Å². The molecule has 1 aromatic heterocycles. The molecule has 1 aromatic carbocycles. The van der Waals surface area contributed by atoms with Crippen molar-refractivity contribution in [2.45, 2.75) is 13.3 Å². The van der Waals surface area contributed by atoms with Gasteiger partial charge in [0.05, 0.1) is 5.52 Å². The summed E-state index contributed by atoms with van der Waals surface area (Å²) in [5.74, 6) is 1.15. The van der Waals surface area contributed by atoms with Crippen LogP contribution in [0.15, 0.2) is 30.3 Å². The van der Waals surface area contributed by atoms with Crippen molar-refractivity contribution in [1.29, 1.82) is 0 Å². The number of anilines is 1. The van der Waals surface area contributed by atoms with E-state index in [9.17, 15) is 0 Å². The highest BCUT2D eigenvalue weighted by Gasteiger charge is 2.13. The fourth-order valence-electron chi connectivity index (χ4n) is 2.59. The topological polar surface area (TPSA) is 28.2 Å². The van der Waals surface area contributed by atoms with E-state index in [1.54, 1.807) is 0 Å². The minimum Gasteiger partial charge on any atom is -0.355 e. The molecule has 1 aliphatic heterocycles. The molecule has 0 unspecified atom stereocenters. The predicted molar refractivity (Wildman–Crippen MR) is 76.2 cm³/mol. The average Bonchev–Trinajstić information content (AvgIpc) is 2.66. The molecule has 94 valence electrons. The van der Waals surface area contributed by atoms with Crippen LogP contribution in [-0.4, -0.2) is 31.2 Å². The van der Waals surface area contributed by atoms with E-state index in [1.165, 1.54) is 17.4 Å². The van der Waals surface area contributed by atoms with Crippen LogP contribution in [0.1, 0.15) is 12.0 Å². The molecule has 2 aromatic rings. The minimum atomic E-state index is 1.05. The van der Waals surface area contributed by atoms with Gasteiger partial charge in [0.2, 0.25) is 0 Å². The van der Waals surface area contributed by atoms with Crippen LogP contribution < -0.4 is 10.2 Å². The van der Waals surface area contributed by atoms with Gasteiger partial charge in [-0.2, -0.15) is 0 Å². The van der Waals surface area contributed by atoms with Crippen LogP contribution in [0.5, 0.6) is 0 Å². The highest BCUT2D eigenvalue weighted by Crippen LogP contribution is 2.23. The predicted octanol–water partition coefficient (Wildman–Crippen LogP) is 2.34. The maximum atomic E-state index is 4.84. The Morgan fingerprint density at radius 3 is 3.00 bits per heavy atom. The molecule has 0 aliphatic carbocycles. The Bertz CT molecular complexity index is 542. The smallest absolute Gasteiger partial charge is 0.132 e. The summed E-state index contributed by atoms with van der Waals surface area (Å²) in [5, 5.41) is 4.66. The van der Waals surface area contributed by atoms with Crippen molar-refractivity contribution in [1.82, 2.24) is 10.3 Å². The number of nitrogens with one attached hydrogen (secondary N) is 1. The van der Waals surface area contributed by atoms with Gasteiger partial charge >= 0.3 is 0 Å². The van der Waals surface area contributed by atoms with Crippen molar-refractivity contribution >= 4 is 16.7 Å². The van der Waals surface area contributed by atoms with Crippen molar-refractivity contribution in [3.63, 3.8) is 0 Å². The molecule has 0 atom stereocenters. The van der Waals surface area contributed by atoms with Crippen LogP contribution >= 0.6 is 0 Å². The van der Waals surface area contributed by atoms with Gasteiger partial charge in [-0.05, 0) is 37.6 Å². The standard InChI is InChI=1S/C15H19N3/c1-12-11-13-5-2-3-6-14(13)17-15(12)18-9-4-7-16-8-10-18/h2-3,5-6,11,16H,4,7-10H2,1H3. The van der Waals surface area contributed by atoms with E-state index in [2.05, 4.69) is 47.5 Å². The third kappa shape index (κ3) is 2.18. The Labute approximate surface area is 108 Å². The van der Waals surface area contributed by atoms with Gasteiger partial charge in [0, 0.05) is 25.0 Å². The lowest BCUT2D eigenvalue weighted by molar-refractivity contribution is 0.724. The van der Waals surface area contributed by atoms with Gasteiger partial charge in [0.15, 0.2) is 0 Å². The molecular formula is C15H19N3. The van der Waals surface area contributed by atoms with Gasteiger partial charge in [-0.15, -0.1) is 0 Å². The second-order valence-electron chi connectivity index (χ2n) is 4.91. The Hall–Kier alpha value is -1.61. The van der Waals surface area contributed by atoms with E-state index in [0.29, 0.717) is 0 Å². The molecule has 3 heteroatoms. The first-order chi connectivity index (χ1) is 8.84. The summed E-state index contributed by atoms with van der Waals surface area (Å²) in [6.45, 7) is 6.47. The van der Waals surface area contributed by atoms with Crippen molar-refractivity contribution in [2.75, 3.05) is 31.1 Å². The Morgan fingerprint density at radius 2 is 2.06 bits per heavy atom. The lowest BCUT2D eigenvalue weighted by Gasteiger charge is -2.23. The van der Waals surface area contributed by atoms with E-state index >= 15 is 0 Å². The summed E-state index contributed by atoms with van der Waals surface area (Å²) >= 11 is 0. The minimum absolute atomic E-state index is 1.05. The van der Waals surface area contributed by atoms with Crippen LogP contribution in [0.2, 0.25) is 0 Å². The number of aromatic nitrogens is 1. The Balaban J connectivity index is 2.02. The lowest BCUT2D eigenvalue weighted by Crippen LogP contribution is -2.29. The molecule has 1 N–H and O–H groups in total. The van der Waals surface area contributed by atoms with Crippen LogP contribution in [0.25, 0.3) is 10.9 Å². The number of rotatable bonds is 1. The second kappa shape index (κ2) is 4.94. The number of hydrogen-bond acceptors (Lipinski definition) is 3. The van der Waals surface area contributed by atoms with E-state index in [-0.39, 0.29) is 0 Å². The molecular weight excluding hydrogens is 222 g/mol. The lowest BCUT2D eigenvalue weighted by atomic mass is 10.1. The number of fused-ring (bicyclic) bond motifs is 1. The zero-order valence-electron chi connectivity index (χ0n) is 10.8. The average molecular weight is 241 g/mol. The summed E-state index contributed by atoms with van der Waals surface area (Å²) in [7, 11) is 0. The summed E-state index contributed by atoms with van der Waals surface area (Å²) in [4.78, 5) is 7.24. The van der Waals surface area contributed by atoms with Crippen LogP contribution in [0.4, 0.5) is 5.82 Å². The number of para-hydroxylation sites is 1. The Morgan fingerprint density at radius 1 is 1.17 bits per heavy atom. The number of aryl methyl sites for hydroxylation is 1. The highest BCUT2D eigenvalue weighted by atomic mass is 15.2. The van der Waals surface area contributed by atoms with Gasteiger partial charge in [-0.1, -0.05) is 18.2 Å². The summed E-state index contributed by atoms with van der Waals surface area (Å²) < 4.78 is 0. The highest BCUT2D eigenvalue weighted by molar-refractivity contribution is 5.81. The summed E-state index contributed by atoms with van der Waals surface area (Å²) in [6, 6.07) is 10.6. The number of nitrogens with zero attached hydrogens (tertiary/aromatic N) is 2. The molecule has 1 aliphatic rings. The molecule has 0 saturated carbocycles. The number of hydrogen-bond donors (Lipinski definition) is 1. The largest absolute Gasteiger partial charge is 0.355 e. The van der Waals surface area contributed by atoms with Crippen LogP contribution in [0, 0.1) is 6.92 Å². The van der Waals surface area contributed by atoms with E-state index in [0.717, 1.165) is 37.5 Å². The third-order valence-corrected chi connectivity index (χ3v) is 3.53. The monoisotopic (exact) mass is 241 g/mol. The van der Waals surface area contributed by atoms with Crippen LogP contribution in [0.3, 0.4) is 0 Å². The molecule has 3 rings (SSSR count). The van der Waals surface area contributed by atoms with E-state index < -0.39 is 0 Å². The number of benzene rings is 1. The van der Waals surface area contributed by atoms with Gasteiger partial charge in [0.25, 0.3) is 0 Å². The van der Waals surface area contributed by atoms with Gasteiger partial charge in [-0.25, -0.2) is 4.98 Å². The molecule has 2 heterocycles. The van der Waals surface area contributed by atoms with Crippen molar-refractivity contribution in [2.24, 2.45) is 0 Å². The number of pyridine rings is 1. The molecule has 0 spiro atoms. The third-order valence-electron chi connectivity index (χ3n) is 3.53. The maximum Gasteiger partial charge on any atom is 0.132 e. The molecule has 1 fully saturated rings. The molecule has 0 radical (unpaired) electrons. The molecule has 18 heavy (non-hydrogen) atoms. The molecule has 0 bridgehead atoms. The zero-order valence-corrected chi connectivity index (χ0v) is 10.8. The van der Waals surface area contributed by atoms with Crippen molar-refractivity contribution < 1.29 is 0 Å². The molecule has 3 nitrogen and oxygen atoms in total. The summed E-state index contributed by atoms with van der Waals surface area (Å²) in [5.41, 5.74) is 2.37. The van der Waals surface area contributed by atoms with Crippen molar-refractivity contribution in [3.8, 4) is 0 Å². The quantitative estimate of drug-likeness (QED) is 0.830. The zero-order chi connectivity index (χ0) is 12.4. The molecule has 0 amide bonds.